The molecule has 1 aliphatic heterocycles. The molecular weight excluding hydrogens is 192 g/mol. The van der Waals surface area contributed by atoms with E-state index in [9.17, 15) is 4.79 Å². The van der Waals surface area contributed by atoms with E-state index in [0.29, 0.717) is 11.6 Å². The summed E-state index contributed by atoms with van der Waals surface area (Å²) >= 11 is 0. The van der Waals surface area contributed by atoms with E-state index in [1.165, 1.54) is 6.20 Å². The summed E-state index contributed by atoms with van der Waals surface area (Å²) in [5.74, 6) is -0.883. The molecule has 0 radical (unpaired) electrons. The molecule has 2 heterocycles. The minimum absolute atomic E-state index is 0.346. The van der Waals surface area contributed by atoms with Crippen LogP contribution in [0.2, 0.25) is 0 Å². The van der Waals surface area contributed by atoms with Crippen LogP contribution in [0.15, 0.2) is 18.5 Å². The first-order valence-electron chi connectivity index (χ1n) is 5.14. The van der Waals surface area contributed by atoms with E-state index in [1.54, 1.807) is 12.3 Å². The number of pyridine rings is 1. The Hall–Kier alpha value is -1.58. The van der Waals surface area contributed by atoms with Gasteiger partial charge in [0.25, 0.3) is 0 Å². The Morgan fingerprint density at radius 2 is 2.47 bits per heavy atom. The molecule has 1 aromatic rings. The first kappa shape index (κ1) is 9.96. The van der Waals surface area contributed by atoms with Crippen LogP contribution in [0.1, 0.15) is 30.1 Å². The molecule has 0 aromatic carbocycles. The molecule has 1 fully saturated rings. The maximum atomic E-state index is 11.0. The first-order valence-corrected chi connectivity index (χ1v) is 5.14. The van der Waals surface area contributed by atoms with E-state index in [-0.39, 0.29) is 0 Å². The Bertz CT molecular complexity index is 379. The van der Waals surface area contributed by atoms with E-state index in [4.69, 9.17) is 5.11 Å². The summed E-state index contributed by atoms with van der Waals surface area (Å²) in [6.07, 6.45) is 5.40. The molecule has 1 aliphatic rings. The average Bonchev–Trinajstić information content (AvgIpc) is 2.64. The van der Waals surface area contributed by atoms with Crippen LogP contribution in [0.5, 0.6) is 0 Å². The molecule has 1 saturated heterocycles. The predicted molar refractivity (Wildman–Crippen MR) is 57.2 cm³/mol. The normalized spacial score (nSPS) is 20.6. The summed E-state index contributed by atoms with van der Waals surface area (Å²) in [5, 5.41) is 9.06. The first-order chi connectivity index (χ1) is 7.20. The molecule has 0 spiro atoms. The van der Waals surface area contributed by atoms with Crippen molar-refractivity contribution < 1.29 is 9.90 Å². The maximum Gasteiger partial charge on any atom is 0.337 e. The average molecular weight is 206 g/mol. The molecule has 1 aromatic heterocycles. The Kier molecular flexibility index (Phi) is 2.58. The largest absolute Gasteiger partial charge is 0.478 e. The Morgan fingerprint density at radius 1 is 1.67 bits per heavy atom. The van der Waals surface area contributed by atoms with Gasteiger partial charge in [0.1, 0.15) is 0 Å². The molecule has 0 bridgehead atoms. The van der Waals surface area contributed by atoms with Crippen molar-refractivity contribution in [3.05, 3.63) is 24.0 Å². The van der Waals surface area contributed by atoms with Crippen LogP contribution in [0.3, 0.4) is 0 Å². The van der Waals surface area contributed by atoms with Crippen LogP contribution < -0.4 is 4.90 Å². The van der Waals surface area contributed by atoms with Crippen LogP contribution in [-0.4, -0.2) is 28.6 Å². The Morgan fingerprint density at radius 3 is 3.07 bits per heavy atom. The van der Waals surface area contributed by atoms with Gasteiger partial charge in [0, 0.05) is 18.8 Å². The highest BCUT2D eigenvalue weighted by Crippen LogP contribution is 2.27. The lowest BCUT2D eigenvalue weighted by atomic mass is 10.2. The van der Waals surface area contributed by atoms with E-state index in [0.717, 1.165) is 25.1 Å². The second-order valence-electron chi connectivity index (χ2n) is 3.88. The maximum absolute atomic E-state index is 11.0. The van der Waals surface area contributed by atoms with Gasteiger partial charge in [0.15, 0.2) is 0 Å². The third kappa shape index (κ3) is 1.79. The number of carboxylic acid groups (broad SMARTS) is 1. The minimum Gasteiger partial charge on any atom is -0.478 e. The van der Waals surface area contributed by atoms with Crippen molar-refractivity contribution in [3.8, 4) is 0 Å². The lowest BCUT2D eigenvalue weighted by Crippen LogP contribution is -2.28. The number of carboxylic acids is 1. The van der Waals surface area contributed by atoms with Gasteiger partial charge in [-0.25, -0.2) is 4.79 Å². The molecule has 0 amide bonds. The quantitative estimate of drug-likeness (QED) is 0.801. The topological polar surface area (TPSA) is 53.4 Å². The smallest absolute Gasteiger partial charge is 0.337 e. The van der Waals surface area contributed by atoms with Crippen molar-refractivity contribution in [1.29, 1.82) is 0 Å². The molecule has 2 rings (SSSR count). The summed E-state index contributed by atoms with van der Waals surface area (Å²) in [5.41, 5.74) is 1.09. The number of hydrogen-bond donors (Lipinski definition) is 1. The summed E-state index contributed by atoms with van der Waals surface area (Å²) in [7, 11) is 0. The molecule has 15 heavy (non-hydrogen) atoms. The highest BCUT2D eigenvalue weighted by molar-refractivity contribution is 5.94. The van der Waals surface area contributed by atoms with E-state index in [1.807, 2.05) is 0 Å². The van der Waals surface area contributed by atoms with Gasteiger partial charge in [-0.2, -0.15) is 0 Å². The van der Waals surface area contributed by atoms with Crippen molar-refractivity contribution in [2.45, 2.75) is 25.8 Å². The summed E-state index contributed by atoms with van der Waals surface area (Å²) in [6.45, 7) is 3.04. The monoisotopic (exact) mass is 206 g/mol. The zero-order valence-electron chi connectivity index (χ0n) is 8.68. The molecule has 0 saturated carbocycles. The number of aromatic carboxylic acids is 1. The van der Waals surface area contributed by atoms with E-state index in [2.05, 4.69) is 16.8 Å². The molecule has 1 atom stereocenters. The number of hydrogen-bond acceptors (Lipinski definition) is 3. The van der Waals surface area contributed by atoms with Gasteiger partial charge < -0.3 is 10.0 Å². The molecule has 80 valence electrons. The second kappa shape index (κ2) is 3.88. The third-order valence-corrected chi connectivity index (χ3v) is 2.89. The third-order valence-electron chi connectivity index (χ3n) is 2.89. The standard InChI is InChI=1S/C11H14N2O2/c1-8-3-2-6-13(8)10-7-12-5-4-9(10)11(14)15/h4-5,7-8H,2-3,6H2,1H3,(H,14,15). The summed E-state index contributed by atoms with van der Waals surface area (Å²) in [6, 6.07) is 1.97. The fourth-order valence-electron chi connectivity index (χ4n) is 2.09. The van der Waals surface area contributed by atoms with Gasteiger partial charge in [-0.05, 0) is 25.8 Å². The van der Waals surface area contributed by atoms with E-state index >= 15 is 0 Å². The fraction of sp³-hybridized carbons (Fsp3) is 0.455. The van der Waals surface area contributed by atoms with Crippen LogP contribution in [0.4, 0.5) is 5.69 Å². The number of anilines is 1. The molecule has 4 nitrogen and oxygen atoms in total. The van der Waals surface area contributed by atoms with Crippen molar-refractivity contribution in [2.75, 3.05) is 11.4 Å². The van der Waals surface area contributed by atoms with Gasteiger partial charge in [-0.15, -0.1) is 0 Å². The van der Waals surface area contributed by atoms with Gasteiger partial charge in [0.05, 0.1) is 17.4 Å². The number of rotatable bonds is 2. The number of carbonyl (C=O) groups is 1. The van der Waals surface area contributed by atoms with Crippen molar-refractivity contribution in [3.63, 3.8) is 0 Å². The van der Waals surface area contributed by atoms with Crippen LogP contribution >= 0.6 is 0 Å². The molecule has 1 N–H and O–H groups in total. The van der Waals surface area contributed by atoms with Crippen molar-refractivity contribution in [1.82, 2.24) is 4.98 Å². The SMILES string of the molecule is CC1CCCN1c1cnccc1C(=O)O. The second-order valence-corrected chi connectivity index (χ2v) is 3.88. The Labute approximate surface area is 88.6 Å². The minimum atomic E-state index is -0.883. The summed E-state index contributed by atoms with van der Waals surface area (Å²) in [4.78, 5) is 17.2. The lowest BCUT2D eigenvalue weighted by molar-refractivity contribution is 0.0697. The van der Waals surface area contributed by atoms with Gasteiger partial charge in [0.2, 0.25) is 0 Å². The van der Waals surface area contributed by atoms with Crippen LogP contribution in [0, 0.1) is 0 Å². The predicted octanol–water partition coefficient (Wildman–Crippen LogP) is 1.77. The van der Waals surface area contributed by atoms with Gasteiger partial charge in [-0.1, -0.05) is 0 Å². The summed E-state index contributed by atoms with van der Waals surface area (Å²) < 4.78 is 0. The highest BCUT2D eigenvalue weighted by Gasteiger charge is 2.24. The fourth-order valence-corrected chi connectivity index (χ4v) is 2.09. The zero-order valence-corrected chi connectivity index (χ0v) is 8.68. The number of aromatic nitrogens is 1. The number of nitrogens with zero attached hydrogens (tertiary/aromatic N) is 2. The van der Waals surface area contributed by atoms with Gasteiger partial charge in [-0.3, -0.25) is 4.98 Å². The van der Waals surface area contributed by atoms with Crippen molar-refractivity contribution in [2.24, 2.45) is 0 Å². The molecular formula is C11H14N2O2. The highest BCUT2D eigenvalue weighted by atomic mass is 16.4. The molecule has 0 aliphatic carbocycles. The van der Waals surface area contributed by atoms with E-state index < -0.39 is 5.97 Å². The molecule has 1 unspecified atom stereocenters. The van der Waals surface area contributed by atoms with Crippen LogP contribution in [-0.2, 0) is 0 Å². The van der Waals surface area contributed by atoms with Gasteiger partial charge >= 0.3 is 5.97 Å². The lowest BCUT2D eigenvalue weighted by Gasteiger charge is -2.24. The Balaban J connectivity index is 2.38. The molecule has 4 heteroatoms. The zero-order chi connectivity index (χ0) is 10.8. The van der Waals surface area contributed by atoms with Crippen LogP contribution in [0.25, 0.3) is 0 Å². The van der Waals surface area contributed by atoms with Crippen molar-refractivity contribution >= 4 is 11.7 Å².